The van der Waals surface area contributed by atoms with Crippen molar-refractivity contribution >= 4 is 5.91 Å². The third-order valence-electron chi connectivity index (χ3n) is 5.47. The van der Waals surface area contributed by atoms with Crippen molar-refractivity contribution in [2.45, 2.75) is 71.4 Å². The van der Waals surface area contributed by atoms with Gasteiger partial charge in [-0.15, -0.1) is 0 Å². The molecule has 0 radical (unpaired) electrons. The maximum absolute atomic E-state index is 12.8. The second kappa shape index (κ2) is 9.07. The Morgan fingerprint density at radius 2 is 1.70 bits per heavy atom. The molecular formula is C24H31NO2. The Kier molecular flexibility index (Phi) is 6.54. The zero-order valence-electron chi connectivity index (χ0n) is 16.8. The first-order valence-corrected chi connectivity index (χ1v) is 10.3. The number of aryl methyl sites for hydroxylation is 3. The van der Waals surface area contributed by atoms with Crippen LogP contribution in [0.2, 0.25) is 0 Å². The van der Waals surface area contributed by atoms with E-state index in [0.717, 1.165) is 30.6 Å². The fourth-order valence-corrected chi connectivity index (χ4v) is 3.75. The van der Waals surface area contributed by atoms with Crippen LogP contribution in [0.3, 0.4) is 0 Å². The van der Waals surface area contributed by atoms with Gasteiger partial charge in [-0.05, 0) is 74.3 Å². The van der Waals surface area contributed by atoms with Gasteiger partial charge in [-0.25, -0.2) is 0 Å². The zero-order chi connectivity index (χ0) is 19.2. The van der Waals surface area contributed by atoms with Crippen molar-refractivity contribution in [3.05, 3.63) is 64.7 Å². The third-order valence-corrected chi connectivity index (χ3v) is 5.47. The maximum atomic E-state index is 12.8. The van der Waals surface area contributed by atoms with E-state index in [1.54, 1.807) is 0 Å². The summed E-state index contributed by atoms with van der Waals surface area (Å²) >= 11 is 0. The van der Waals surface area contributed by atoms with Gasteiger partial charge in [-0.1, -0.05) is 49.7 Å². The number of benzene rings is 2. The maximum Gasteiger partial charge on any atom is 0.261 e. The number of ether oxygens (including phenoxy) is 1. The molecule has 27 heavy (non-hydrogen) atoms. The van der Waals surface area contributed by atoms with E-state index in [1.165, 1.54) is 29.5 Å². The number of nitrogens with one attached hydrogen (secondary N) is 1. The Morgan fingerprint density at radius 3 is 2.37 bits per heavy atom. The summed E-state index contributed by atoms with van der Waals surface area (Å²) in [4.78, 5) is 12.8. The first-order valence-electron chi connectivity index (χ1n) is 10.3. The lowest BCUT2D eigenvalue weighted by Crippen LogP contribution is -2.40. The second-order valence-corrected chi connectivity index (χ2v) is 7.53. The molecule has 1 aliphatic rings. The standard InChI is InChI=1S/C24H31NO2/c1-4-22(19-12-10-17(3)11-13-19)25-24(26)23(5-2)27-21-15-14-18-8-6-7-9-20(18)16-21/h10-16,22-23H,4-9H2,1-3H3,(H,25,26)/t22-,23+/m1/s1. The molecule has 1 amide bonds. The number of hydrogen-bond donors (Lipinski definition) is 1. The summed E-state index contributed by atoms with van der Waals surface area (Å²) in [5.74, 6) is 0.767. The predicted octanol–water partition coefficient (Wildman–Crippen LogP) is 5.30. The van der Waals surface area contributed by atoms with Gasteiger partial charge in [0.05, 0.1) is 6.04 Å². The average Bonchev–Trinajstić information content (AvgIpc) is 2.70. The quantitative estimate of drug-likeness (QED) is 0.723. The molecule has 0 fully saturated rings. The summed E-state index contributed by atoms with van der Waals surface area (Å²) in [6, 6.07) is 14.7. The summed E-state index contributed by atoms with van der Waals surface area (Å²) < 4.78 is 6.08. The Bertz CT molecular complexity index is 766. The average molecular weight is 366 g/mol. The smallest absolute Gasteiger partial charge is 0.261 e. The lowest BCUT2D eigenvalue weighted by Gasteiger charge is -2.23. The Hall–Kier alpha value is -2.29. The number of carbonyl (C=O) groups is 1. The lowest BCUT2D eigenvalue weighted by molar-refractivity contribution is -0.128. The van der Waals surface area contributed by atoms with Crippen LogP contribution in [0.25, 0.3) is 0 Å². The van der Waals surface area contributed by atoms with Crippen LogP contribution < -0.4 is 10.1 Å². The molecule has 1 aliphatic carbocycles. The van der Waals surface area contributed by atoms with E-state index < -0.39 is 6.10 Å². The van der Waals surface area contributed by atoms with Gasteiger partial charge < -0.3 is 10.1 Å². The van der Waals surface area contributed by atoms with E-state index in [0.29, 0.717) is 6.42 Å². The molecule has 2 atom stereocenters. The minimum absolute atomic E-state index is 0.0132. The van der Waals surface area contributed by atoms with E-state index in [2.05, 4.69) is 55.6 Å². The van der Waals surface area contributed by atoms with Gasteiger partial charge in [0.25, 0.3) is 5.91 Å². The van der Waals surface area contributed by atoms with E-state index >= 15 is 0 Å². The van der Waals surface area contributed by atoms with Crippen LogP contribution in [0, 0.1) is 6.92 Å². The van der Waals surface area contributed by atoms with Gasteiger partial charge in [-0.3, -0.25) is 4.79 Å². The van der Waals surface area contributed by atoms with E-state index in [-0.39, 0.29) is 11.9 Å². The van der Waals surface area contributed by atoms with E-state index in [9.17, 15) is 4.79 Å². The van der Waals surface area contributed by atoms with Gasteiger partial charge >= 0.3 is 0 Å². The summed E-state index contributed by atoms with van der Waals surface area (Å²) in [5.41, 5.74) is 5.17. The predicted molar refractivity (Wildman–Crippen MR) is 110 cm³/mol. The van der Waals surface area contributed by atoms with Crippen LogP contribution in [0.1, 0.15) is 67.8 Å². The Morgan fingerprint density at radius 1 is 1.00 bits per heavy atom. The largest absolute Gasteiger partial charge is 0.481 e. The van der Waals surface area contributed by atoms with Crippen molar-refractivity contribution in [3.63, 3.8) is 0 Å². The SMILES string of the molecule is CC[C@H](Oc1ccc2c(c1)CCCC2)C(=O)N[C@H](CC)c1ccc(C)cc1. The Labute approximate surface area is 163 Å². The molecule has 2 aromatic carbocycles. The molecule has 0 bridgehead atoms. The minimum Gasteiger partial charge on any atom is -0.481 e. The van der Waals surface area contributed by atoms with Crippen LogP contribution in [0.5, 0.6) is 5.75 Å². The van der Waals surface area contributed by atoms with Crippen molar-refractivity contribution in [1.29, 1.82) is 0 Å². The molecule has 0 unspecified atom stereocenters. The number of amides is 1. The number of hydrogen-bond acceptors (Lipinski definition) is 2. The van der Waals surface area contributed by atoms with Crippen molar-refractivity contribution in [1.82, 2.24) is 5.32 Å². The lowest BCUT2D eigenvalue weighted by atomic mass is 9.92. The highest BCUT2D eigenvalue weighted by molar-refractivity contribution is 5.81. The van der Waals surface area contributed by atoms with Gasteiger partial charge in [0.1, 0.15) is 5.75 Å². The molecule has 3 nitrogen and oxygen atoms in total. The molecule has 144 valence electrons. The summed E-state index contributed by atoms with van der Waals surface area (Å²) in [7, 11) is 0. The first-order chi connectivity index (χ1) is 13.1. The first kappa shape index (κ1) is 19.5. The van der Waals surface area contributed by atoms with Crippen molar-refractivity contribution in [2.75, 3.05) is 0 Å². The molecule has 0 aliphatic heterocycles. The van der Waals surface area contributed by atoms with Gasteiger partial charge in [0, 0.05) is 0 Å². The molecule has 2 aromatic rings. The third kappa shape index (κ3) is 4.91. The highest BCUT2D eigenvalue weighted by atomic mass is 16.5. The van der Waals surface area contributed by atoms with E-state index in [1.807, 2.05) is 13.0 Å². The molecule has 3 heteroatoms. The number of carbonyl (C=O) groups excluding carboxylic acids is 1. The molecule has 1 N–H and O–H groups in total. The van der Waals surface area contributed by atoms with Gasteiger partial charge in [0.2, 0.25) is 0 Å². The van der Waals surface area contributed by atoms with Crippen molar-refractivity contribution in [3.8, 4) is 5.75 Å². The van der Waals surface area contributed by atoms with Crippen LogP contribution in [-0.2, 0) is 17.6 Å². The molecule has 0 saturated heterocycles. The summed E-state index contributed by atoms with van der Waals surface area (Å²) in [6.07, 6.45) is 5.80. The Balaban J connectivity index is 1.67. The van der Waals surface area contributed by atoms with Crippen LogP contribution in [-0.4, -0.2) is 12.0 Å². The molecule has 0 spiro atoms. The van der Waals surface area contributed by atoms with E-state index in [4.69, 9.17) is 4.74 Å². The minimum atomic E-state index is -0.467. The highest BCUT2D eigenvalue weighted by Gasteiger charge is 2.22. The molecule has 0 saturated carbocycles. The normalized spacial score (nSPS) is 15.5. The zero-order valence-corrected chi connectivity index (χ0v) is 16.8. The van der Waals surface area contributed by atoms with Gasteiger partial charge in [-0.2, -0.15) is 0 Å². The van der Waals surface area contributed by atoms with Crippen LogP contribution in [0.4, 0.5) is 0 Å². The molecule has 3 rings (SSSR count). The number of fused-ring (bicyclic) bond motifs is 1. The van der Waals surface area contributed by atoms with Gasteiger partial charge in [0.15, 0.2) is 6.10 Å². The van der Waals surface area contributed by atoms with Crippen molar-refractivity contribution in [2.24, 2.45) is 0 Å². The summed E-state index contributed by atoms with van der Waals surface area (Å²) in [6.45, 7) is 6.16. The topological polar surface area (TPSA) is 38.3 Å². The van der Waals surface area contributed by atoms with Crippen LogP contribution in [0.15, 0.2) is 42.5 Å². The molecular weight excluding hydrogens is 334 g/mol. The highest BCUT2D eigenvalue weighted by Crippen LogP contribution is 2.26. The molecule has 0 heterocycles. The van der Waals surface area contributed by atoms with Crippen LogP contribution >= 0.6 is 0 Å². The summed E-state index contributed by atoms with van der Waals surface area (Å²) in [5, 5.41) is 3.17. The fraction of sp³-hybridized carbons (Fsp3) is 0.458. The van der Waals surface area contributed by atoms with Crippen molar-refractivity contribution < 1.29 is 9.53 Å². The number of rotatable bonds is 7. The molecule has 0 aromatic heterocycles. The fourth-order valence-electron chi connectivity index (χ4n) is 3.75. The monoisotopic (exact) mass is 365 g/mol. The second-order valence-electron chi connectivity index (χ2n) is 7.53.